The number of aromatic amines is 1. The van der Waals surface area contributed by atoms with Gasteiger partial charge in [-0.3, -0.25) is 9.78 Å². The first-order chi connectivity index (χ1) is 12.7. The molecular formula is C17H15F4N5O. The number of halogens is 4. The fourth-order valence-corrected chi connectivity index (χ4v) is 2.54. The molecule has 6 nitrogen and oxygen atoms in total. The van der Waals surface area contributed by atoms with Crippen LogP contribution >= 0.6 is 0 Å². The van der Waals surface area contributed by atoms with Gasteiger partial charge in [-0.05, 0) is 19.1 Å². The summed E-state index contributed by atoms with van der Waals surface area (Å²) in [7, 11) is 0. The number of nitrogens with zero attached hydrogens (tertiary/aromatic N) is 2. The predicted octanol–water partition coefficient (Wildman–Crippen LogP) is 3.24. The highest BCUT2D eigenvalue weighted by Crippen LogP contribution is 2.29. The molecule has 0 saturated carbocycles. The van der Waals surface area contributed by atoms with Crippen molar-refractivity contribution in [2.24, 2.45) is 0 Å². The Morgan fingerprint density at radius 1 is 1.26 bits per heavy atom. The molecule has 3 aromatic rings. The fraction of sp³-hybridized carbons (Fsp3) is 0.235. The minimum absolute atomic E-state index is 0.431. The zero-order chi connectivity index (χ0) is 19.6. The van der Waals surface area contributed by atoms with Gasteiger partial charge in [0.1, 0.15) is 24.1 Å². The van der Waals surface area contributed by atoms with Gasteiger partial charge < -0.3 is 15.6 Å². The van der Waals surface area contributed by atoms with Crippen LogP contribution < -0.4 is 10.6 Å². The van der Waals surface area contributed by atoms with Crippen LogP contribution in [-0.4, -0.2) is 39.6 Å². The number of carbonyl (C=O) groups is 1. The molecule has 0 aromatic carbocycles. The Kier molecular flexibility index (Phi) is 4.98. The number of aromatic nitrogens is 3. The van der Waals surface area contributed by atoms with Gasteiger partial charge in [0.05, 0.1) is 11.9 Å². The summed E-state index contributed by atoms with van der Waals surface area (Å²) in [6.45, 7) is 0.0351. The van der Waals surface area contributed by atoms with Crippen LogP contribution in [0.25, 0.3) is 22.2 Å². The molecule has 0 bridgehead atoms. The van der Waals surface area contributed by atoms with Crippen molar-refractivity contribution in [1.82, 2.24) is 20.3 Å². The number of hydrogen-bond donors (Lipinski definition) is 3. The SMILES string of the molecule is C[C@@H](Nc1cncc(-c2c[nH]c3ncc(F)cc23)c1)C(=O)NCC(F)(F)F. The molecule has 1 atom stereocenters. The number of pyridine rings is 2. The lowest BCUT2D eigenvalue weighted by molar-refractivity contribution is -0.138. The van der Waals surface area contributed by atoms with Gasteiger partial charge in [0.15, 0.2) is 0 Å². The molecule has 0 aliphatic carbocycles. The molecule has 3 heterocycles. The van der Waals surface area contributed by atoms with Crippen molar-refractivity contribution in [3.8, 4) is 11.1 Å². The van der Waals surface area contributed by atoms with Crippen molar-refractivity contribution in [2.45, 2.75) is 19.1 Å². The Balaban J connectivity index is 1.77. The number of anilines is 1. The highest BCUT2D eigenvalue weighted by atomic mass is 19.4. The van der Waals surface area contributed by atoms with Crippen LogP contribution in [0.4, 0.5) is 23.2 Å². The lowest BCUT2D eigenvalue weighted by Crippen LogP contribution is -2.42. The van der Waals surface area contributed by atoms with E-state index in [1.165, 1.54) is 19.2 Å². The Morgan fingerprint density at radius 2 is 2.04 bits per heavy atom. The minimum Gasteiger partial charge on any atom is -0.373 e. The third kappa shape index (κ3) is 4.52. The molecule has 0 radical (unpaired) electrons. The molecular weight excluding hydrogens is 366 g/mol. The van der Waals surface area contributed by atoms with Gasteiger partial charge in [-0.2, -0.15) is 13.2 Å². The van der Waals surface area contributed by atoms with Crippen molar-refractivity contribution in [2.75, 3.05) is 11.9 Å². The number of H-pyrrole nitrogens is 1. The molecule has 0 spiro atoms. The third-order valence-electron chi connectivity index (χ3n) is 3.79. The maximum Gasteiger partial charge on any atom is 0.405 e. The second kappa shape index (κ2) is 7.22. The average molecular weight is 381 g/mol. The summed E-state index contributed by atoms with van der Waals surface area (Å²) in [6.07, 6.45) is 1.25. The number of nitrogens with one attached hydrogen (secondary N) is 3. The van der Waals surface area contributed by atoms with Crippen molar-refractivity contribution in [3.63, 3.8) is 0 Å². The summed E-state index contributed by atoms with van der Waals surface area (Å²) in [5.74, 6) is -1.28. The number of fused-ring (bicyclic) bond motifs is 1. The van der Waals surface area contributed by atoms with Crippen molar-refractivity contribution >= 4 is 22.6 Å². The number of rotatable bonds is 5. The summed E-state index contributed by atoms with van der Waals surface area (Å²) >= 11 is 0. The largest absolute Gasteiger partial charge is 0.405 e. The minimum atomic E-state index is -4.48. The molecule has 3 rings (SSSR count). The van der Waals surface area contributed by atoms with E-state index in [1.54, 1.807) is 18.5 Å². The summed E-state index contributed by atoms with van der Waals surface area (Å²) < 4.78 is 50.1. The third-order valence-corrected chi connectivity index (χ3v) is 3.79. The van der Waals surface area contributed by atoms with Crippen LogP contribution in [0.2, 0.25) is 0 Å². The van der Waals surface area contributed by atoms with Crippen LogP contribution in [0.3, 0.4) is 0 Å². The zero-order valence-corrected chi connectivity index (χ0v) is 14.1. The van der Waals surface area contributed by atoms with Gasteiger partial charge >= 0.3 is 6.18 Å². The Bertz CT molecular complexity index is 969. The van der Waals surface area contributed by atoms with Gasteiger partial charge in [-0.1, -0.05) is 0 Å². The van der Waals surface area contributed by atoms with Crippen molar-refractivity contribution < 1.29 is 22.4 Å². The first-order valence-electron chi connectivity index (χ1n) is 7.92. The maximum atomic E-state index is 13.5. The van der Waals surface area contributed by atoms with Gasteiger partial charge in [0.2, 0.25) is 5.91 Å². The first kappa shape index (κ1) is 18.6. The Hall–Kier alpha value is -3.17. The van der Waals surface area contributed by atoms with Crippen LogP contribution in [0.5, 0.6) is 0 Å². The summed E-state index contributed by atoms with van der Waals surface area (Å²) in [6, 6.07) is 2.08. The van der Waals surface area contributed by atoms with Crippen LogP contribution in [-0.2, 0) is 4.79 Å². The molecule has 0 aliphatic rings. The Labute approximate surface area is 151 Å². The first-order valence-corrected chi connectivity index (χ1v) is 7.92. The smallest absolute Gasteiger partial charge is 0.373 e. The number of hydrogen-bond acceptors (Lipinski definition) is 4. The molecule has 10 heteroatoms. The summed E-state index contributed by atoms with van der Waals surface area (Å²) in [5.41, 5.74) is 2.22. The van der Waals surface area contributed by atoms with E-state index in [4.69, 9.17) is 0 Å². The molecule has 1 amide bonds. The fourth-order valence-electron chi connectivity index (χ4n) is 2.54. The lowest BCUT2D eigenvalue weighted by atomic mass is 10.1. The summed E-state index contributed by atoms with van der Waals surface area (Å²) in [4.78, 5) is 22.7. The van der Waals surface area contributed by atoms with Crippen molar-refractivity contribution in [3.05, 3.63) is 42.7 Å². The normalized spacial score (nSPS) is 12.8. The van der Waals surface area contributed by atoms with E-state index in [0.29, 0.717) is 27.8 Å². The van der Waals surface area contributed by atoms with Gasteiger partial charge in [0, 0.05) is 35.1 Å². The number of carbonyl (C=O) groups excluding carboxylic acids is 1. The van der Waals surface area contributed by atoms with E-state index in [0.717, 1.165) is 6.20 Å². The Morgan fingerprint density at radius 3 is 2.78 bits per heavy atom. The number of amides is 1. The molecule has 3 N–H and O–H groups in total. The van der Waals surface area contributed by atoms with E-state index in [1.807, 2.05) is 5.32 Å². The molecule has 0 unspecified atom stereocenters. The molecule has 0 fully saturated rings. The zero-order valence-electron chi connectivity index (χ0n) is 14.1. The van der Waals surface area contributed by atoms with Gasteiger partial charge in [-0.15, -0.1) is 0 Å². The van der Waals surface area contributed by atoms with E-state index < -0.39 is 30.5 Å². The molecule has 27 heavy (non-hydrogen) atoms. The van der Waals surface area contributed by atoms with Crippen LogP contribution in [0.1, 0.15) is 6.92 Å². The molecule has 0 aliphatic heterocycles. The van der Waals surface area contributed by atoms with E-state index in [9.17, 15) is 22.4 Å². The standard InChI is InChI=1S/C17H15F4N5O/c1-9(16(27)25-8-17(19,20)21)26-12-2-10(4-22-6-12)14-7-24-15-13(14)3-11(18)5-23-15/h2-7,9,26H,8H2,1H3,(H,23,24)(H,25,27)/t9-/m1/s1. The summed E-state index contributed by atoms with van der Waals surface area (Å²) in [5, 5.41) is 5.17. The molecule has 142 valence electrons. The highest BCUT2D eigenvalue weighted by molar-refractivity contribution is 5.94. The monoisotopic (exact) mass is 381 g/mol. The second-order valence-electron chi connectivity index (χ2n) is 5.91. The van der Waals surface area contributed by atoms with E-state index >= 15 is 0 Å². The topological polar surface area (TPSA) is 82.7 Å². The average Bonchev–Trinajstić information content (AvgIpc) is 3.02. The van der Waals surface area contributed by atoms with Gasteiger partial charge in [0.25, 0.3) is 0 Å². The van der Waals surface area contributed by atoms with Crippen molar-refractivity contribution in [1.29, 1.82) is 0 Å². The molecule has 3 aromatic heterocycles. The maximum absolute atomic E-state index is 13.5. The van der Waals surface area contributed by atoms with Gasteiger partial charge in [-0.25, -0.2) is 9.37 Å². The molecule has 0 saturated heterocycles. The highest BCUT2D eigenvalue weighted by Gasteiger charge is 2.28. The quantitative estimate of drug-likeness (QED) is 0.593. The van der Waals surface area contributed by atoms with Crippen LogP contribution in [0, 0.1) is 5.82 Å². The van der Waals surface area contributed by atoms with Crippen LogP contribution in [0.15, 0.2) is 36.9 Å². The van der Waals surface area contributed by atoms with E-state index in [2.05, 4.69) is 20.3 Å². The van der Waals surface area contributed by atoms with E-state index in [-0.39, 0.29) is 0 Å². The predicted molar refractivity (Wildman–Crippen MR) is 91.4 cm³/mol. The lowest BCUT2D eigenvalue weighted by Gasteiger charge is -2.16. The number of alkyl halides is 3. The second-order valence-corrected chi connectivity index (χ2v) is 5.91.